The predicted octanol–water partition coefficient (Wildman–Crippen LogP) is 2.08. The summed E-state index contributed by atoms with van der Waals surface area (Å²) in [5, 5.41) is 18.3. The zero-order chi connectivity index (χ0) is 7.84. The van der Waals surface area contributed by atoms with Gasteiger partial charge >= 0.3 is 0 Å². The summed E-state index contributed by atoms with van der Waals surface area (Å²) >= 11 is 0. The van der Waals surface area contributed by atoms with Crippen molar-refractivity contribution in [2.45, 2.75) is 6.42 Å². The minimum Gasteiger partial charge on any atom is -0.504 e. The molecule has 2 heteroatoms. The maximum Gasteiger partial charge on any atom is 0.153 e. The molecule has 0 heterocycles. The van der Waals surface area contributed by atoms with Gasteiger partial charge in [-0.3, -0.25) is 0 Å². The molecular formula is C9H10O2. The van der Waals surface area contributed by atoms with E-state index in [1.807, 2.05) is 0 Å². The Morgan fingerprint density at radius 1 is 1.18 bits per heavy atom. The van der Waals surface area contributed by atoms with Crippen molar-refractivity contribution in [1.82, 2.24) is 0 Å². The van der Waals surface area contributed by atoms with E-state index < -0.39 is 0 Å². The Hall–Kier alpha value is -1.18. The van der Waals surface area contributed by atoms with Gasteiger partial charge in [0, 0.05) is 5.92 Å². The Morgan fingerprint density at radius 3 is 2.73 bits per heavy atom. The predicted molar refractivity (Wildman–Crippen MR) is 42.2 cm³/mol. The van der Waals surface area contributed by atoms with Crippen molar-refractivity contribution in [3.05, 3.63) is 35.8 Å². The first kappa shape index (κ1) is 6.53. The van der Waals surface area contributed by atoms with Crippen LogP contribution in [0.3, 0.4) is 0 Å². The lowest BCUT2D eigenvalue weighted by Crippen LogP contribution is -2.10. The highest BCUT2D eigenvalue weighted by molar-refractivity contribution is 5.30. The van der Waals surface area contributed by atoms with E-state index in [4.69, 9.17) is 10.2 Å². The zero-order valence-corrected chi connectivity index (χ0v) is 6.07. The summed E-state index contributed by atoms with van der Waals surface area (Å²) in [6.07, 6.45) is 8.53. The Balaban J connectivity index is 2.31. The lowest BCUT2D eigenvalue weighted by Gasteiger charge is -2.17. The highest BCUT2D eigenvalue weighted by Gasteiger charge is 2.24. The van der Waals surface area contributed by atoms with E-state index in [2.05, 4.69) is 12.2 Å². The lowest BCUT2D eigenvalue weighted by molar-refractivity contribution is 0.307. The number of fused-ring (bicyclic) bond motifs is 1. The molecule has 0 aliphatic heterocycles. The molecule has 0 radical (unpaired) electrons. The summed E-state index contributed by atoms with van der Waals surface area (Å²) in [5.74, 6) is 0.699. The highest BCUT2D eigenvalue weighted by Crippen LogP contribution is 2.33. The first-order valence-electron chi connectivity index (χ1n) is 3.76. The highest BCUT2D eigenvalue weighted by atomic mass is 16.3. The summed E-state index contributed by atoms with van der Waals surface area (Å²) in [6.45, 7) is 0. The molecule has 0 amide bonds. The minimum absolute atomic E-state index is 0.0119. The van der Waals surface area contributed by atoms with Crippen LogP contribution in [0.25, 0.3) is 0 Å². The molecular weight excluding hydrogens is 140 g/mol. The Bertz CT molecular complexity index is 261. The van der Waals surface area contributed by atoms with Crippen LogP contribution in [-0.2, 0) is 0 Å². The summed E-state index contributed by atoms with van der Waals surface area (Å²) in [7, 11) is 0. The van der Waals surface area contributed by atoms with E-state index >= 15 is 0 Å². The van der Waals surface area contributed by atoms with Crippen LogP contribution in [0.2, 0.25) is 0 Å². The van der Waals surface area contributed by atoms with Crippen molar-refractivity contribution in [2.75, 3.05) is 0 Å². The van der Waals surface area contributed by atoms with Gasteiger partial charge in [0.05, 0.1) is 0 Å². The molecule has 0 bridgehead atoms. The van der Waals surface area contributed by atoms with Crippen LogP contribution in [0.15, 0.2) is 35.8 Å². The van der Waals surface area contributed by atoms with Crippen molar-refractivity contribution in [3.63, 3.8) is 0 Å². The molecule has 11 heavy (non-hydrogen) atoms. The molecule has 2 rings (SSSR count). The van der Waals surface area contributed by atoms with Gasteiger partial charge in [-0.05, 0) is 24.5 Å². The summed E-state index contributed by atoms with van der Waals surface area (Å²) in [5.41, 5.74) is 0. The second-order valence-corrected chi connectivity index (χ2v) is 3.01. The maximum atomic E-state index is 9.14. The van der Waals surface area contributed by atoms with Crippen molar-refractivity contribution < 1.29 is 10.2 Å². The number of aliphatic hydroxyl groups is 2. The van der Waals surface area contributed by atoms with Gasteiger partial charge in [0.2, 0.25) is 0 Å². The molecule has 0 spiro atoms. The fourth-order valence-corrected chi connectivity index (χ4v) is 1.61. The Morgan fingerprint density at radius 2 is 1.91 bits per heavy atom. The van der Waals surface area contributed by atoms with Crippen molar-refractivity contribution >= 4 is 0 Å². The topological polar surface area (TPSA) is 40.5 Å². The average molecular weight is 150 g/mol. The van der Waals surface area contributed by atoms with Crippen LogP contribution in [0.1, 0.15) is 6.42 Å². The molecule has 0 aromatic carbocycles. The largest absolute Gasteiger partial charge is 0.504 e. The van der Waals surface area contributed by atoms with E-state index in [1.165, 1.54) is 0 Å². The van der Waals surface area contributed by atoms with Crippen LogP contribution < -0.4 is 0 Å². The third-order valence-electron chi connectivity index (χ3n) is 2.25. The summed E-state index contributed by atoms with van der Waals surface area (Å²) in [6, 6.07) is 0. The van der Waals surface area contributed by atoms with E-state index in [0.717, 1.165) is 6.42 Å². The third kappa shape index (κ3) is 0.946. The van der Waals surface area contributed by atoms with Crippen LogP contribution in [0.4, 0.5) is 0 Å². The summed E-state index contributed by atoms with van der Waals surface area (Å²) < 4.78 is 0. The SMILES string of the molecule is OC1=CC2C=CCC2C=C1O. The van der Waals surface area contributed by atoms with Gasteiger partial charge in [-0.2, -0.15) is 0 Å². The summed E-state index contributed by atoms with van der Waals surface area (Å²) in [4.78, 5) is 0. The smallest absolute Gasteiger partial charge is 0.153 e. The Kier molecular flexibility index (Phi) is 1.28. The molecule has 0 aromatic heterocycles. The maximum absolute atomic E-state index is 9.14. The number of hydrogen-bond acceptors (Lipinski definition) is 2. The zero-order valence-electron chi connectivity index (χ0n) is 6.07. The van der Waals surface area contributed by atoms with Gasteiger partial charge < -0.3 is 10.2 Å². The number of hydrogen-bond donors (Lipinski definition) is 2. The molecule has 0 fully saturated rings. The third-order valence-corrected chi connectivity index (χ3v) is 2.25. The molecule has 2 atom stereocenters. The standard InChI is InChI=1S/C9H10O2/c10-8-4-6-2-1-3-7(6)5-9(8)11/h1-2,4-7,10-11H,3H2. The van der Waals surface area contributed by atoms with E-state index in [-0.39, 0.29) is 11.5 Å². The normalized spacial score (nSPS) is 34.5. The molecule has 2 aliphatic rings. The average Bonchev–Trinajstić information content (AvgIpc) is 2.36. The van der Waals surface area contributed by atoms with Gasteiger partial charge in [0.15, 0.2) is 11.5 Å². The van der Waals surface area contributed by atoms with Gasteiger partial charge in [0.25, 0.3) is 0 Å². The molecule has 2 N–H and O–H groups in total. The monoisotopic (exact) mass is 150 g/mol. The van der Waals surface area contributed by atoms with Crippen molar-refractivity contribution in [1.29, 1.82) is 0 Å². The van der Waals surface area contributed by atoms with Crippen LogP contribution >= 0.6 is 0 Å². The van der Waals surface area contributed by atoms with Crippen LogP contribution in [0, 0.1) is 11.8 Å². The molecule has 2 unspecified atom stereocenters. The lowest BCUT2D eigenvalue weighted by atomic mass is 9.90. The first-order chi connectivity index (χ1) is 5.27. The van der Waals surface area contributed by atoms with Gasteiger partial charge in [-0.15, -0.1) is 0 Å². The number of allylic oxidation sites excluding steroid dienone is 4. The first-order valence-corrected chi connectivity index (χ1v) is 3.76. The number of aliphatic hydroxyl groups excluding tert-OH is 2. The van der Waals surface area contributed by atoms with Crippen molar-refractivity contribution in [2.24, 2.45) is 11.8 Å². The molecule has 58 valence electrons. The second kappa shape index (κ2) is 2.16. The van der Waals surface area contributed by atoms with E-state index in [0.29, 0.717) is 11.8 Å². The fourth-order valence-electron chi connectivity index (χ4n) is 1.61. The van der Waals surface area contributed by atoms with Crippen molar-refractivity contribution in [3.8, 4) is 0 Å². The van der Waals surface area contributed by atoms with E-state index in [9.17, 15) is 0 Å². The molecule has 0 saturated heterocycles. The van der Waals surface area contributed by atoms with Gasteiger partial charge in [-0.25, -0.2) is 0 Å². The Labute approximate surface area is 65.2 Å². The molecule has 0 aromatic rings. The minimum atomic E-state index is 0.0119. The fraction of sp³-hybridized carbons (Fsp3) is 0.333. The van der Waals surface area contributed by atoms with Crippen LogP contribution in [-0.4, -0.2) is 10.2 Å². The quantitative estimate of drug-likeness (QED) is 0.519. The second-order valence-electron chi connectivity index (χ2n) is 3.01. The number of rotatable bonds is 0. The molecule has 0 saturated carbocycles. The van der Waals surface area contributed by atoms with Gasteiger partial charge in [0.1, 0.15) is 0 Å². The van der Waals surface area contributed by atoms with Gasteiger partial charge in [-0.1, -0.05) is 12.2 Å². The molecule has 2 nitrogen and oxygen atoms in total. The molecule has 2 aliphatic carbocycles. The van der Waals surface area contributed by atoms with Crippen LogP contribution in [0.5, 0.6) is 0 Å². The van der Waals surface area contributed by atoms with E-state index in [1.54, 1.807) is 12.2 Å².